The minimum atomic E-state index is -3.76. The van der Waals surface area contributed by atoms with E-state index in [-0.39, 0.29) is 15.8 Å². The second-order valence-electron chi connectivity index (χ2n) is 6.44. The third-order valence-corrected chi connectivity index (χ3v) is 7.03. The zero-order valence-corrected chi connectivity index (χ0v) is 17.2. The van der Waals surface area contributed by atoms with Gasteiger partial charge in [-0.2, -0.15) is 0 Å². The summed E-state index contributed by atoms with van der Waals surface area (Å²) in [4.78, 5) is 14.6. The first-order chi connectivity index (χ1) is 12.8. The number of nitrogens with zero attached hydrogens (tertiary/aromatic N) is 2. The largest absolute Gasteiger partial charge is 0.339 e. The first kappa shape index (κ1) is 20.0. The molecule has 1 aliphatic rings. The smallest absolute Gasteiger partial charge is 0.264 e. The lowest BCUT2D eigenvalue weighted by molar-refractivity contribution is 0.0724. The molecule has 1 saturated heterocycles. The summed E-state index contributed by atoms with van der Waals surface area (Å²) in [6, 6.07) is 10.6. The van der Waals surface area contributed by atoms with Crippen LogP contribution in [-0.4, -0.2) is 39.4 Å². The van der Waals surface area contributed by atoms with Crippen molar-refractivity contribution in [3.05, 3.63) is 58.1 Å². The van der Waals surface area contributed by atoms with Crippen molar-refractivity contribution in [2.75, 3.05) is 24.4 Å². The molecule has 2 aromatic rings. The Kier molecular flexibility index (Phi) is 5.99. The van der Waals surface area contributed by atoms with Gasteiger partial charge in [0.1, 0.15) is 0 Å². The lowest BCUT2D eigenvalue weighted by Gasteiger charge is -2.27. The molecule has 0 N–H and O–H groups in total. The van der Waals surface area contributed by atoms with Crippen LogP contribution in [0.3, 0.4) is 0 Å². The topological polar surface area (TPSA) is 57.7 Å². The number of anilines is 1. The predicted octanol–water partition coefficient (Wildman–Crippen LogP) is 4.44. The first-order valence-corrected chi connectivity index (χ1v) is 10.8. The van der Waals surface area contributed by atoms with Crippen LogP contribution in [-0.2, 0) is 10.0 Å². The Balaban J connectivity index is 1.86. The Morgan fingerprint density at radius 3 is 2.22 bits per heavy atom. The Hall–Kier alpha value is -1.76. The van der Waals surface area contributed by atoms with Crippen molar-refractivity contribution in [3.8, 4) is 0 Å². The Morgan fingerprint density at radius 1 is 1.00 bits per heavy atom. The van der Waals surface area contributed by atoms with Crippen molar-refractivity contribution >= 4 is 44.8 Å². The summed E-state index contributed by atoms with van der Waals surface area (Å²) in [7, 11) is -2.31. The standard InChI is InChI=1S/C19H20Cl2N2O3S/c1-22(27(25,26)16-8-5-14(20)6-9-16)15-7-10-17(18(21)13-15)19(24)23-11-3-2-4-12-23/h5-10,13H,2-4,11-12H2,1H3. The van der Waals surface area contributed by atoms with E-state index < -0.39 is 10.0 Å². The summed E-state index contributed by atoms with van der Waals surface area (Å²) in [5.74, 6) is -0.116. The molecular weight excluding hydrogens is 407 g/mol. The van der Waals surface area contributed by atoms with Crippen molar-refractivity contribution in [1.82, 2.24) is 4.90 Å². The molecule has 0 radical (unpaired) electrons. The quantitative estimate of drug-likeness (QED) is 0.725. The highest BCUT2D eigenvalue weighted by molar-refractivity contribution is 7.92. The van der Waals surface area contributed by atoms with Gasteiger partial charge in [-0.1, -0.05) is 23.2 Å². The molecule has 0 saturated carbocycles. The molecule has 1 heterocycles. The molecule has 0 aliphatic carbocycles. The summed E-state index contributed by atoms with van der Waals surface area (Å²) in [5, 5.41) is 0.696. The molecule has 5 nitrogen and oxygen atoms in total. The number of sulfonamides is 1. The van der Waals surface area contributed by atoms with Crippen molar-refractivity contribution < 1.29 is 13.2 Å². The third-order valence-electron chi connectivity index (χ3n) is 4.66. The van der Waals surface area contributed by atoms with E-state index in [9.17, 15) is 13.2 Å². The van der Waals surface area contributed by atoms with Gasteiger partial charge >= 0.3 is 0 Å². The molecule has 27 heavy (non-hydrogen) atoms. The van der Waals surface area contributed by atoms with Crippen LogP contribution < -0.4 is 4.31 Å². The minimum absolute atomic E-state index is 0.116. The number of amides is 1. The normalized spacial score (nSPS) is 14.9. The van der Waals surface area contributed by atoms with Crippen LogP contribution in [0.25, 0.3) is 0 Å². The molecule has 0 aromatic heterocycles. The van der Waals surface area contributed by atoms with Gasteiger partial charge in [-0.25, -0.2) is 8.42 Å². The van der Waals surface area contributed by atoms with Crippen LogP contribution in [0.15, 0.2) is 47.4 Å². The van der Waals surface area contributed by atoms with E-state index in [1.54, 1.807) is 17.0 Å². The number of likely N-dealkylation sites (tertiary alicyclic amines) is 1. The van der Waals surface area contributed by atoms with Crippen molar-refractivity contribution in [1.29, 1.82) is 0 Å². The summed E-state index contributed by atoms with van der Waals surface area (Å²) < 4.78 is 26.7. The average molecular weight is 427 g/mol. The fourth-order valence-corrected chi connectivity index (χ4v) is 4.61. The average Bonchev–Trinajstić information content (AvgIpc) is 2.68. The third kappa shape index (κ3) is 4.23. The van der Waals surface area contributed by atoms with E-state index in [1.807, 2.05) is 0 Å². The van der Waals surface area contributed by atoms with Gasteiger partial charge < -0.3 is 4.90 Å². The van der Waals surface area contributed by atoms with Gasteiger partial charge in [-0.05, 0) is 61.7 Å². The van der Waals surface area contributed by atoms with Gasteiger partial charge in [0.25, 0.3) is 15.9 Å². The van der Waals surface area contributed by atoms with Crippen molar-refractivity contribution in [2.24, 2.45) is 0 Å². The van der Waals surface area contributed by atoms with E-state index >= 15 is 0 Å². The Bertz CT molecular complexity index is 940. The number of carbonyl (C=O) groups excluding carboxylic acids is 1. The first-order valence-electron chi connectivity index (χ1n) is 8.64. The molecule has 2 aromatic carbocycles. The summed E-state index contributed by atoms with van der Waals surface area (Å²) in [5.41, 5.74) is 0.768. The molecule has 0 spiro atoms. The van der Waals surface area contributed by atoms with E-state index in [2.05, 4.69) is 0 Å². The predicted molar refractivity (Wildman–Crippen MR) is 108 cm³/mol. The number of hydrogen-bond acceptors (Lipinski definition) is 3. The van der Waals surface area contributed by atoms with E-state index in [0.29, 0.717) is 16.3 Å². The second kappa shape index (κ2) is 8.09. The number of halogens is 2. The number of benzene rings is 2. The summed E-state index contributed by atoms with van der Waals surface area (Å²) in [6.45, 7) is 1.45. The fraction of sp³-hybridized carbons (Fsp3) is 0.316. The Labute approximate surface area is 169 Å². The minimum Gasteiger partial charge on any atom is -0.339 e. The van der Waals surface area contributed by atoms with Crippen LogP contribution in [0.5, 0.6) is 0 Å². The lowest BCUT2D eigenvalue weighted by Crippen LogP contribution is -2.35. The van der Waals surface area contributed by atoms with Crippen molar-refractivity contribution in [2.45, 2.75) is 24.2 Å². The van der Waals surface area contributed by atoms with Crippen LogP contribution >= 0.6 is 23.2 Å². The molecule has 144 valence electrons. The highest BCUT2D eigenvalue weighted by atomic mass is 35.5. The van der Waals surface area contributed by atoms with Gasteiger partial charge in [-0.3, -0.25) is 9.10 Å². The van der Waals surface area contributed by atoms with Crippen molar-refractivity contribution in [3.63, 3.8) is 0 Å². The molecule has 8 heteroatoms. The number of piperidine rings is 1. The zero-order chi connectivity index (χ0) is 19.6. The maximum absolute atomic E-state index is 12.8. The van der Waals surface area contributed by atoms with Crippen LogP contribution in [0.1, 0.15) is 29.6 Å². The van der Waals surface area contributed by atoms with Gasteiger partial charge in [0, 0.05) is 25.2 Å². The van der Waals surface area contributed by atoms with E-state index in [4.69, 9.17) is 23.2 Å². The van der Waals surface area contributed by atoms with Gasteiger partial charge in [0.15, 0.2) is 0 Å². The van der Waals surface area contributed by atoms with E-state index in [0.717, 1.165) is 36.7 Å². The molecule has 0 atom stereocenters. The maximum atomic E-state index is 12.8. The van der Waals surface area contributed by atoms with Crippen LogP contribution in [0.4, 0.5) is 5.69 Å². The van der Waals surface area contributed by atoms with Crippen LogP contribution in [0.2, 0.25) is 10.0 Å². The highest BCUT2D eigenvalue weighted by Crippen LogP contribution is 2.28. The molecule has 1 aliphatic heterocycles. The number of rotatable bonds is 4. The fourth-order valence-electron chi connectivity index (χ4n) is 3.04. The summed E-state index contributed by atoms with van der Waals surface area (Å²) in [6.07, 6.45) is 3.11. The molecule has 1 amide bonds. The number of hydrogen-bond donors (Lipinski definition) is 0. The lowest BCUT2D eigenvalue weighted by atomic mass is 10.1. The van der Waals surface area contributed by atoms with Gasteiger partial charge in [0.2, 0.25) is 0 Å². The number of carbonyl (C=O) groups is 1. The van der Waals surface area contributed by atoms with Gasteiger partial charge in [-0.15, -0.1) is 0 Å². The Morgan fingerprint density at radius 2 is 1.63 bits per heavy atom. The van der Waals surface area contributed by atoms with Gasteiger partial charge in [0.05, 0.1) is 21.2 Å². The molecule has 3 rings (SSSR count). The molecule has 1 fully saturated rings. The summed E-state index contributed by atoms with van der Waals surface area (Å²) >= 11 is 12.1. The molecular formula is C19H20Cl2N2O3S. The monoisotopic (exact) mass is 426 g/mol. The zero-order valence-electron chi connectivity index (χ0n) is 14.9. The maximum Gasteiger partial charge on any atom is 0.264 e. The van der Waals surface area contributed by atoms with Crippen LogP contribution in [0, 0.1) is 0 Å². The highest BCUT2D eigenvalue weighted by Gasteiger charge is 2.24. The molecule has 0 unspecified atom stereocenters. The molecule has 0 bridgehead atoms. The second-order valence-corrected chi connectivity index (χ2v) is 9.26. The van der Waals surface area contributed by atoms with E-state index in [1.165, 1.54) is 37.4 Å². The SMILES string of the molecule is CN(c1ccc(C(=O)N2CCCCC2)c(Cl)c1)S(=O)(=O)c1ccc(Cl)cc1.